The smallest absolute Gasteiger partial charge is 0.337 e. The predicted octanol–water partition coefficient (Wildman–Crippen LogP) is 2.63. The van der Waals surface area contributed by atoms with Crippen molar-refractivity contribution in [1.82, 2.24) is 10.3 Å². The summed E-state index contributed by atoms with van der Waals surface area (Å²) in [6, 6.07) is 1.39. The van der Waals surface area contributed by atoms with Gasteiger partial charge < -0.3 is 5.32 Å². The summed E-state index contributed by atoms with van der Waals surface area (Å²) in [5, 5.41) is 2.52. The Morgan fingerprint density at radius 1 is 1.53 bits per heavy atom. The van der Waals surface area contributed by atoms with Crippen LogP contribution in [-0.4, -0.2) is 16.9 Å². The van der Waals surface area contributed by atoms with Crippen LogP contribution in [0.2, 0.25) is 0 Å². The number of nitrogens with one attached hydrogen (secondary N) is 1. The van der Waals surface area contributed by atoms with E-state index in [9.17, 15) is 18.0 Å². The molecule has 3 nitrogen and oxygen atoms in total. The number of pyridine rings is 1. The van der Waals surface area contributed by atoms with Gasteiger partial charge in [0.25, 0.3) is 5.91 Å². The summed E-state index contributed by atoms with van der Waals surface area (Å²) in [6.07, 6.45) is 2.78. The molecule has 1 amide bonds. The minimum absolute atomic E-state index is 0.0932. The van der Waals surface area contributed by atoms with Crippen LogP contribution in [0.25, 0.3) is 0 Å². The number of terminal acetylenes is 1. The summed E-state index contributed by atoms with van der Waals surface area (Å²) in [5.74, 6) is 1.82. The number of nitrogens with zero attached hydrogens (tertiary/aromatic N) is 1. The zero-order valence-corrected chi connectivity index (χ0v) is 10.3. The van der Waals surface area contributed by atoms with Gasteiger partial charge in [0.05, 0.1) is 11.6 Å². The van der Waals surface area contributed by atoms with Crippen molar-refractivity contribution < 1.29 is 18.0 Å². The van der Waals surface area contributed by atoms with Crippen molar-refractivity contribution in [3.63, 3.8) is 0 Å². The molecule has 1 unspecified atom stereocenters. The first-order valence-electron chi connectivity index (χ1n) is 5.68. The topological polar surface area (TPSA) is 42.0 Å². The summed E-state index contributed by atoms with van der Waals surface area (Å²) in [4.78, 5) is 15.2. The van der Waals surface area contributed by atoms with Gasteiger partial charge in [-0.2, -0.15) is 13.2 Å². The van der Waals surface area contributed by atoms with E-state index in [-0.39, 0.29) is 5.69 Å². The van der Waals surface area contributed by atoms with Gasteiger partial charge in [0.1, 0.15) is 5.69 Å². The summed E-state index contributed by atoms with van der Waals surface area (Å²) in [6.45, 7) is 1.91. The van der Waals surface area contributed by atoms with Crippen LogP contribution in [0.15, 0.2) is 18.3 Å². The Morgan fingerprint density at radius 2 is 2.21 bits per heavy atom. The molecule has 1 aromatic heterocycles. The fourth-order valence-electron chi connectivity index (χ4n) is 1.41. The average molecular weight is 270 g/mol. The van der Waals surface area contributed by atoms with E-state index in [4.69, 9.17) is 6.42 Å². The van der Waals surface area contributed by atoms with Gasteiger partial charge in [-0.3, -0.25) is 9.78 Å². The van der Waals surface area contributed by atoms with Crippen LogP contribution in [0.1, 0.15) is 35.8 Å². The highest BCUT2D eigenvalue weighted by atomic mass is 19.4. The number of amides is 1. The van der Waals surface area contributed by atoms with E-state index >= 15 is 0 Å². The van der Waals surface area contributed by atoms with Crippen LogP contribution >= 0.6 is 0 Å². The predicted molar refractivity (Wildman–Crippen MR) is 64.2 cm³/mol. The molecule has 0 bridgehead atoms. The third kappa shape index (κ3) is 4.28. The molecule has 1 aromatic rings. The first-order chi connectivity index (χ1) is 8.88. The lowest BCUT2D eigenvalue weighted by Crippen LogP contribution is -2.34. The normalized spacial score (nSPS) is 12.6. The quantitative estimate of drug-likeness (QED) is 0.855. The largest absolute Gasteiger partial charge is 0.417 e. The van der Waals surface area contributed by atoms with Crippen LogP contribution in [0, 0.1) is 12.3 Å². The third-order valence-electron chi connectivity index (χ3n) is 2.41. The molecule has 0 saturated heterocycles. The zero-order chi connectivity index (χ0) is 14.5. The van der Waals surface area contributed by atoms with E-state index in [1.54, 1.807) is 0 Å². The van der Waals surface area contributed by atoms with Crippen LogP contribution in [0.5, 0.6) is 0 Å². The second-order valence-electron chi connectivity index (χ2n) is 3.91. The SMILES string of the molecule is C#CC(CCC)NC(=O)c1ccc(C(F)(F)F)cn1. The monoisotopic (exact) mass is 270 g/mol. The Balaban J connectivity index is 2.76. The first-order valence-corrected chi connectivity index (χ1v) is 5.68. The van der Waals surface area contributed by atoms with E-state index in [0.29, 0.717) is 12.6 Å². The Hall–Kier alpha value is -2.03. The summed E-state index contributed by atoms with van der Waals surface area (Å²) >= 11 is 0. The fraction of sp³-hybridized carbons (Fsp3) is 0.385. The Kier molecular flexibility index (Phi) is 4.93. The molecule has 6 heteroatoms. The highest BCUT2D eigenvalue weighted by molar-refractivity contribution is 5.92. The number of carbonyl (C=O) groups excluding carboxylic acids is 1. The van der Waals surface area contributed by atoms with E-state index in [2.05, 4.69) is 16.2 Å². The highest BCUT2D eigenvalue weighted by Crippen LogP contribution is 2.28. The molecular weight excluding hydrogens is 257 g/mol. The number of aromatic nitrogens is 1. The number of carbonyl (C=O) groups is 1. The second kappa shape index (κ2) is 6.23. The molecule has 0 fully saturated rings. The Labute approximate surface area is 109 Å². The number of rotatable bonds is 4. The number of hydrogen-bond donors (Lipinski definition) is 1. The zero-order valence-electron chi connectivity index (χ0n) is 10.3. The summed E-state index contributed by atoms with van der Waals surface area (Å²) < 4.78 is 37.0. The fourth-order valence-corrected chi connectivity index (χ4v) is 1.41. The lowest BCUT2D eigenvalue weighted by atomic mass is 10.1. The van der Waals surface area contributed by atoms with Gasteiger partial charge in [-0.25, -0.2) is 0 Å². The molecule has 19 heavy (non-hydrogen) atoms. The molecule has 0 radical (unpaired) electrons. The van der Waals surface area contributed by atoms with Crippen molar-refractivity contribution in [3.8, 4) is 12.3 Å². The molecule has 0 spiro atoms. The van der Waals surface area contributed by atoms with E-state index in [1.807, 2.05) is 6.92 Å². The number of hydrogen-bond acceptors (Lipinski definition) is 2. The van der Waals surface area contributed by atoms with Gasteiger partial charge in [0, 0.05) is 6.20 Å². The van der Waals surface area contributed by atoms with Crippen LogP contribution in [0.3, 0.4) is 0 Å². The van der Waals surface area contributed by atoms with Crippen molar-refractivity contribution in [2.24, 2.45) is 0 Å². The van der Waals surface area contributed by atoms with Crippen molar-refractivity contribution in [2.45, 2.75) is 32.0 Å². The maximum absolute atomic E-state index is 12.3. The minimum Gasteiger partial charge on any atom is -0.337 e. The molecule has 1 N–H and O–H groups in total. The maximum atomic E-state index is 12.3. The van der Waals surface area contributed by atoms with E-state index in [0.717, 1.165) is 18.6 Å². The number of alkyl halides is 3. The number of halogens is 3. The lowest BCUT2D eigenvalue weighted by molar-refractivity contribution is -0.137. The standard InChI is InChI=1S/C13H13F3N2O/c1-3-5-10(4-2)18-12(19)11-7-6-9(8-17-11)13(14,15)16/h2,6-8,10H,3,5H2,1H3,(H,18,19). The van der Waals surface area contributed by atoms with Crippen LogP contribution < -0.4 is 5.32 Å². The third-order valence-corrected chi connectivity index (χ3v) is 2.41. The van der Waals surface area contributed by atoms with Crippen molar-refractivity contribution in [1.29, 1.82) is 0 Å². The summed E-state index contributed by atoms with van der Waals surface area (Å²) in [7, 11) is 0. The summed E-state index contributed by atoms with van der Waals surface area (Å²) in [5.41, 5.74) is -0.990. The molecule has 0 saturated carbocycles. The Bertz CT molecular complexity index is 474. The van der Waals surface area contributed by atoms with E-state index in [1.165, 1.54) is 0 Å². The van der Waals surface area contributed by atoms with Crippen LogP contribution in [-0.2, 0) is 6.18 Å². The molecule has 102 valence electrons. The lowest BCUT2D eigenvalue weighted by Gasteiger charge is -2.12. The molecular formula is C13H13F3N2O. The molecule has 0 aromatic carbocycles. The Morgan fingerprint density at radius 3 is 2.63 bits per heavy atom. The molecule has 1 heterocycles. The average Bonchev–Trinajstić information content (AvgIpc) is 2.37. The molecule has 0 aliphatic rings. The molecule has 1 atom stereocenters. The molecule has 0 aliphatic heterocycles. The van der Waals surface area contributed by atoms with Gasteiger partial charge >= 0.3 is 6.18 Å². The van der Waals surface area contributed by atoms with Gasteiger partial charge in [0.15, 0.2) is 0 Å². The van der Waals surface area contributed by atoms with E-state index < -0.39 is 23.7 Å². The van der Waals surface area contributed by atoms with Gasteiger partial charge in [-0.05, 0) is 18.6 Å². The van der Waals surface area contributed by atoms with Gasteiger partial charge in [0.2, 0.25) is 0 Å². The van der Waals surface area contributed by atoms with Gasteiger partial charge in [-0.1, -0.05) is 19.3 Å². The minimum atomic E-state index is -4.47. The van der Waals surface area contributed by atoms with Gasteiger partial charge in [-0.15, -0.1) is 6.42 Å². The van der Waals surface area contributed by atoms with Crippen molar-refractivity contribution in [3.05, 3.63) is 29.6 Å². The maximum Gasteiger partial charge on any atom is 0.417 e. The van der Waals surface area contributed by atoms with Crippen molar-refractivity contribution in [2.75, 3.05) is 0 Å². The highest BCUT2D eigenvalue weighted by Gasteiger charge is 2.30. The second-order valence-corrected chi connectivity index (χ2v) is 3.91. The molecule has 1 rings (SSSR count). The first kappa shape index (κ1) is 15.0. The van der Waals surface area contributed by atoms with Crippen molar-refractivity contribution >= 4 is 5.91 Å². The van der Waals surface area contributed by atoms with Crippen LogP contribution in [0.4, 0.5) is 13.2 Å². The molecule has 0 aliphatic carbocycles.